The number of aromatic nitrogens is 3. The van der Waals surface area contributed by atoms with Crippen LogP contribution in [-0.2, 0) is 18.3 Å². The highest BCUT2D eigenvalue weighted by atomic mass is 16.5. The summed E-state index contributed by atoms with van der Waals surface area (Å²) >= 11 is 0. The number of ether oxygens (including phenoxy) is 1. The molecule has 1 atom stereocenters. The molecule has 8 nitrogen and oxygen atoms in total. The number of piperazine rings is 1. The number of allylic oxidation sites excluding steroid dienone is 1. The quantitative estimate of drug-likeness (QED) is 0.384. The van der Waals surface area contributed by atoms with Gasteiger partial charge in [0.2, 0.25) is 5.91 Å². The highest BCUT2D eigenvalue weighted by Crippen LogP contribution is 2.30. The van der Waals surface area contributed by atoms with Gasteiger partial charge in [-0.2, -0.15) is 0 Å². The molecule has 3 aromatic heterocycles. The highest BCUT2D eigenvalue weighted by molar-refractivity contribution is 5.87. The molecular weight excluding hydrogens is 490 g/mol. The normalized spacial score (nSPS) is 17.2. The van der Waals surface area contributed by atoms with E-state index in [1.807, 2.05) is 62.7 Å². The first-order valence-electron chi connectivity index (χ1n) is 13.3. The SMILES string of the molecule is C[C@@H]1C(=O)N(C)CCN1CCOc1ccc(-c2ccc3nc(-c4cn(C)c(=O)c5c4C=CC5)ccc3c2)nc1. The number of fused-ring (bicyclic) bond motifs is 2. The molecule has 198 valence electrons. The molecule has 0 spiro atoms. The average Bonchev–Trinajstić information content (AvgIpc) is 3.45. The summed E-state index contributed by atoms with van der Waals surface area (Å²) in [5.41, 5.74) is 6.41. The molecule has 39 heavy (non-hydrogen) atoms. The van der Waals surface area contributed by atoms with E-state index in [4.69, 9.17) is 9.72 Å². The van der Waals surface area contributed by atoms with E-state index >= 15 is 0 Å². The van der Waals surface area contributed by atoms with E-state index in [0.717, 1.165) is 57.6 Å². The van der Waals surface area contributed by atoms with Gasteiger partial charge >= 0.3 is 0 Å². The molecule has 1 amide bonds. The number of benzene rings is 1. The Morgan fingerprint density at radius 3 is 2.69 bits per heavy atom. The number of amides is 1. The van der Waals surface area contributed by atoms with Crippen molar-refractivity contribution in [1.29, 1.82) is 0 Å². The van der Waals surface area contributed by atoms with Crippen molar-refractivity contribution in [1.82, 2.24) is 24.3 Å². The smallest absolute Gasteiger partial charge is 0.254 e. The number of pyridine rings is 3. The van der Waals surface area contributed by atoms with Gasteiger partial charge < -0.3 is 14.2 Å². The number of hydrogen-bond donors (Lipinski definition) is 0. The number of rotatable bonds is 6. The van der Waals surface area contributed by atoms with Gasteiger partial charge in [-0.15, -0.1) is 0 Å². The Balaban J connectivity index is 1.15. The Bertz CT molecular complexity index is 1660. The molecular formula is C31H31N5O3. The van der Waals surface area contributed by atoms with Crippen molar-refractivity contribution < 1.29 is 9.53 Å². The lowest BCUT2D eigenvalue weighted by atomic mass is 10.0. The second-order valence-corrected chi connectivity index (χ2v) is 10.3. The van der Waals surface area contributed by atoms with Gasteiger partial charge in [0.25, 0.3) is 5.56 Å². The minimum absolute atomic E-state index is 0.0502. The van der Waals surface area contributed by atoms with E-state index < -0.39 is 0 Å². The fourth-order valence-corrected chi connectivity index (χ4v) is 5.41. The van der Waals surface area contributed by atoms with Crippen LogP contribution in [0.5, 0.6) is 5.75 Å². The highest BCUT2D eigenvalue weighted by Gasteiger charge is 2.28. The van der Waals surface area contributed by atoms with Gasteiger partial charge in [-0.3, -0.25) is 19.5 Å². The zero-order valence-corrected chi connectivity index (χ0v) is 22.4. The van der Waals surface area contributed by atoms with Crippen LogP contribution in [0.15, 0.2) is 65.7 Å². The summed E-state index contributed by atoms with van der Waals surface area (Å²) in [5.74, 6) is 0.861. The van der Waals surface area contributed by atoms with E-state index in [-0.39, 0.29) is 17.5 Å². The van der Waals surface area contributed by atoms with E-state index in [1.54, 1.807) is 22.7 Å². The first-order chi connectivity index (χ1) is 18.9. The fourth-order valence-electron chi connectivity index (χ4n) is 5.41. The third-order valence-corrected chi connectivity index (χ3v) is 7.77. The molecule has 8 heteroatoms. The largest absolute Gasteiger partial charge is 0.491 e. The summed E-state index contributed by atoms with van der Waals surface area (Å²) in [6, 6.07) is 14.0. The van der Waals surface area contributed by atoms with Crippen LogP contribution in [0.3, 0.4) is 0 Å². The second-order valence-electron chi connectivity index (χ2n) is 10.3. The molecule has 1 saturated heterocycles. The number of likely N-dealkylation sites (N-methyl/N-ethyl adjacent to an activating group) is 1. The number of nitrogens with zero attached hydrogens (tertiary/aromatic N) is 5. The topological polar surface area (TPSA) is 80.6 Å². The fraction of sp³-hybridized carbons (Fsp3) is 0.290. The molecule has 0 bridgehead atoms. The number of carbonyl (C=O) groups excluding carboxylic acids is 1. The molecule has 1 aliphatic heterocycles. The average molecular weight is 522 g/mol. The van der Waals surface area contributed by atoms with E-state index in [2.05, 4.69) is 22.0 Å². The Hall–Kier alpha value is -4.30. The summed E-state index contributed by atoms with van der Waals surface area (Å²) in [5, 5.41) is 1.02. The lowest BCUT2D eigenvalue weighted by molar-refractivity contribution is -0.139. The maximum atomic E-state index is 12.5. The van der Waals surface area contributed by atoms with Crippen LogP contribution in [0.4, 0.5) is 0 Å². The van der Waals surface area contributed by atoms with Gasteiger partial charge in [0, 0.05) is 62.0 Å². The zero-order valence-electron chi connectivity index (χ0n) is 22.4. The second kappa shape index (κ2) is 10.1. The molecule has 0 N–H and O–H groups in total. The van der Waals surface area contributed by atoms with Crippen molar-refractivity contribution in [2.24, 2.45) is 7.05 Å². The van der Waals surface area contributed by atoms with Gasteiger partial charge in [0.05, 0.1) is 29.1 Å². The van der Waals surface area contributed by atoms with E-state index in [1.165, 1.54) is 0 Å². The van der Waals surface area contributed by atoms with Crippen LogP contribution in [-0.4, -0.2) is 69.6 Å². The van der Waals surface area contributed by atoms with Crippen molar-refractivity contribution >= 4 is 22.9 Å². The predicted molar refractivity (Wildman–Crippen MR) is 153 cm³/mol. The minimum atomic E-state index is -0.120. The van der Waals surface area contributed by atoms with Crippen LogP contribution in [0.1, 0.15) is 18.1 Å². The molecule has 4 aromatic rings. The monoisotopic (exact) mass is 521 g/mol. The summed E-state index contributed by atoms with van der Waals surface area (Å²) < 4.78 is 7.56. The van der Waals surface area contributed by atoms with Gasteiger partial charge in [-0.05, 0) is 49.2 Å². The third kappa shape index (κ3) is 4.72. The molecule has 1 fully saturated rings. The van der Waals surface area contributed by atoms with Crippen molar-refractivity contribution in [3.05, 3.63) is 82.4 Å². The van der Waals surface area contributed by atoms with Gasteiger partial charge in [-0.25, -0.2) is 4.98 Å². The first-order valence-corrected chi connectivity index (χ1v) is 13.3. The van der Waals surface area contributed by atoms with Crippen LogP contribution in [0.2, 0.25) is 0 Å². The van der Waals surface area contributed by atoms with Crippen LogP contribution in [0.25, 0.3) is 39.5 Å². The van der Waals surface area contributed by atoms with Gasteiger partial charge in [-0.1, -0.05) is 24.3 Å². The minimum Gasteiger partial charge on any atom is -0.491 e. The molecule has 6 rings (SSSR count). The van der Waals surface area contributed by atoms with Gasteiger partial charge in [0.15, 0.2) is 0 Å². The number of hydrogen-bond acceptors (Lipinski definition) is 6. The molecule has 1 aromatic carbocycles. The Morgan fingerprint density at radius 1 is 1.03 bits per heavy atom. The summed E-state index contributed by atoms with van der Waals surface area (Å²) in [7, 11) is 3.64. The van der Waals surface area contributed by atoms with Crippen molar-refractivity contribution in [3.63, 3.8) is 0 Å². The summed E-state index contributed by atoms with van der Waals surface area (Å²) in [4.78, 5) is 38.1. The lowest BCUT2D eigenvalue weighted by Gasteiger charge is -2.37. The zero-order chi connectivity index (χ0) is 27.1. The maximum Gasteiger partial charge on any atom is 0.254 e. The predicted octanol–water partition coefficient (Wildman–Crippen LogP) is 3.77. The number of aryl methyl sites for hydroxylation is 1. The molecule has 1 aliphatic carbocycles. The molecule has 0 unspecified atom stereocenters. The van der Waals surface area contributed by atoms with Crippen molar-refractivity contribution in [2.45, 2.75) is 19.4 Å². The standard InChI is InChI=1S/C31H31N5O3/c1-20-30(37)34(2)13-14-36(20)15-16-39-23-9-12-27(32-18-23)21-7-10-28-22(17-21)8-11-29(33-28)26-19-35(3)31(38)25-6-4-5-24(25)26/h4-5,7-12,17-20H,6,13-16H2,1-3H3/t20-/m1/s1. The van der Waals surface area contributed by atoms with Crippen molar-refractivity contribution in [3.8, 4) is 28.3 Å². The molecule has 0 radical (unpaired) electrons. The van der Waals surface area contributed by atoms with Crippen LogP contribution < -0.4 is 10.3 Å². The van der Waals surface area contributed by atoms with Crippen molar-refractivity contribution in [2.75, 3.05) is 33.3 Å². The van der Waals surface area contributed by atoms with Gasteiger partial charge in [0.1, 0.15) is 12.4 Å². The Morgan fingerprint density at radius 2 is 1.87 bits per heavy atom. The van der Waals surface area contributed by atoms with Crippen LogP contribution >= 0.6 is 0 Å². The Labute approximate surface area is 227 Å². The maximum absolute atomic E-state index is 12.5. The summed E-state index contributed by atoms with van der Waals surface area (Å²) in [6.07, 6.45) is 8.34. The van der Waals surface area contributed by atoms with E-state index in [9.17, 15) is 9.59 Å². The van der Waals surface area contributed by atoms with Crippen LogP contribution in [0, 0.1) is 0 Å². The molecule has 4 heterocycles. The lowest BCUT2D eigenvalue weighted by Crippen LogP contribution is -2.55. The first kappa shape index (κ1) is 25.0. The Kier molecular flexibility index (Phi) is 6.48. The molecule has 2 aliphatic rings. The molecule has 0 saturated carbocycles. The third-order valence-electron chi connectivity index (χ3n) is 7.77. The number of carbonyl (C=O) groups is 1. The summed E-state index contributed by atoms with van der Waals surface area (Å²) in [6.45, 7) is 4.74. The van der Waals surface area contributed by atoms with E-state index in [0.29, 0.717) is 25.3 Å².